The van der Waals surface area contributed by atoms with E-state index in [4.69, 9.17) is 4.74 Å². The predicted octanol–water partition coefficient (Wildman–Crippen LogP) is 3.16. The summed E-state index contributed by atoms with van der Waals surface area (Å²) in [7, 11) is 0. The lowest BCUT2D eigenvalue weighted by atomic mass is 10.1. The molecule has 0 saturated carbocycles. The van der Waals surface area contributed by atoms with Gasteiger partial charge in [0.15, 0.2) is 0 Å². The molecular formula is C17H28N2O3S. The van der Waals surface area contributed by atoms with Crippen molar-refractivity contribution in [1.29, 1.82) is 0 Å². The van der Waals surface area contributed by atoms with Gasteiger partial charge in [0.2, 0.25) is 0 Å². The van der Waals surface area contributed by atoms with Crippen LogP contribution in [0.3, 0.4) is 0 Å². The monoisotopic (exact) mass is 340 g/mol. The topological polar surface area (TPSA) is 61.8 Å². The van der Waals surface area contributed by atoms with Gasteiger partial charge in [0, 0.05) is 25.7 Å². The number of nitrogens with zero attached hydrogens (tertiary/aromatic N) is 1. The zero-order chi connectivity index (χ0) is 16.9. The Kier molecular flexibility index (Phi) is 6.44. The lowest BCUT2D eigenvalue weighted by Gasteiger charge is -2.26. The molecule has 1 aromatic heterocycles. The maximum atomic E-state index is 12.1. The summed E-state index contributed by atoms with van der Waals surface area (Å²) in [6.45, 7) is 7.64. The summed E-state index contributed by atoms with van der Waals surface area (Å²) in [4.78, 5) is 13.9. The summed E-state index contributed by atoms with van der Waals surface area (Å²) in [5, 5.41) is 17.5. The number of carbonyl (C=O) groups is 1. The second-order valence-corrected chi connectivity index (χ2v) is 7.86. The molecular weight excluding hydrogens is 312 g/mol. The Hall–Kier alpha value is -1.11. The zero-order valence-corrected chi connectivity index (χ0v) is 15.1. The highest BCUT2D eigenvalue weighted by Crippen LogP contribution is 2.18. The Morgan fingerprint density at radius 1 is 1.48 bits per heavy atom. The van der Waals surface area contributed by atoms with Gasteiger partial charge in [-0.3, -0.25) is 0 Å². The van der Waals surface area contributed by atoms with E-state index in [0.717, 1.165) is 31.4 Å². The van der Waals surface area contributed by atoms with E-state index >= 15 is 0 Å². The highest BCUT2D eigenvalue weighted by Gasteiger charge is 2.25. The van der Waals surface area contributed by atoms with Gasteiger partial charge in [0.25, 0.3) is 0 Å². The van der Waals surface area contributed by atoms with Crippen LogP contribution in [0.4, 0.5) is 4.79 Å². The molecule has 0 aromatic carbocycles. The Labute approximate surface area is 142 Å². The van der Waals surface area contributed by atoms with Crippen molar-refractivity contribution in [1.82, 2.24) is 10.2 Å². The van der Waals surface area contributed by atoms with Gasteiger partial charge in [-0.25, -0.2) is 4.79 Å². The van der Waals surface area contributed by atoms with Gasteiger partial charge >= 0.3 is 6.09 Å². The van der Waals surface area contributed by atoms with Crippen molar-refractivity contribution < 1.29 is 14.6 Å². The summed E-state index contributed by atoms with van der Waals surface area (Å²) >= 11 is 1.59. The molecule has 5 nitrogen and oxygen atoms in total. The molecule has 1 aliphatic rings. The lowest BCUT2D eigenvalue weighted by molar-refractivity contribution is 0.0255. The molecule has 2 atom stereocenters. The molecule has 1 amide bonds. The van der Waals surface area contributed by atoms with Crippen LogP contribution in [0.2, 0.25) is 0 Å². The maximum Gasteiger partial charge on any atom is 0.410 e. The van der Waals surface area contributed by atoms with E-state index in [9.17, 15) is 9.90 Å². The fourth-order valence-electron chi connectivity index (χ4n) is 2.67. The summed E-state index contributed by atoms with van der Waals surface area (Å²) in [5.74, 6) is 0. The van der Waals surface area contributed by atoms with E-state index in [1.165, 1.54) is 0 Å². The first-order chi connectivity index (χ1) is 10.8. The first-order valence-electron chi connectivity index (χ1n) is 8.26. The number of thiophene rings is 1. The van der Waals surface area contributed by atoms with E-state index in [0.29, 0.717) is 19.1 Å². The Balaban J connectivity index is 1.76. The second-order valence-electron chi connectivity index (χ2n) is 7.08. The number of aliphatic hydroxyl groups is 1. The van der Waals surface area contributed by atoms with Crippen LogP contribution in [-0.2, 0) is 4.74 Å². The third kappa shape index (κ3) is 6.12. The third-order valence-electron chi connectivity index (χ3n) is 3.91. The second kappa shape index (κ2) is 8.13. The van der Waals surface area contributed by atoms with E-state index in [2.05, 4.69) is 5.32 Å². The van der Waals surface area contributed by atoms with E-state index in [1.54, 1.807) is 16.2 Å². The number of ether oxygens (including phenoxy) is 1. The van der Waals surface area contributed by atoms with Crippen LogP contribution in [0.25, 0.3) is 0 Å². The van der Waals surface area contributed by atoms with Crippen LogP contribution in [0.15, 0.2) is 16.8 Å². The molecule has 0 spiro atoms. The number of aliphatic hydroxyl groups excluding tert-OH is 1. The van der Waals surface area contributed by atoms with Gasteiger partial charge in [-0.05, 0) is 62.4 Å². The number of rotatable bonds is 4. The van der Waals surface area contributed by atoms with Crippen molar-refractivity contribution in [2.75, 3.05) is 19.6 Å². The fourth-order valence-corrected chi connectivity index (χ4v) is 3.38. The van der Waals surface area contributed by atoms with Gasteiger partial charge in [0.1, 0.15) is 5.60 Å². The summed E-state index contributed by atoms with van der Waals surface area (Å²) < 4.78 is 5.44. The minimum Gasteiger partial charge on any atom is -0.444 e. The number of hydrogen-bond acceptors (Lipinski definition) is 5. The van der Waals surface area contributed by atoms with E-state index in [-0.39, 0.29) is 6.09 Å². The van der Waals surface area contributed by atoms with Crippen LogP contribution < -0.4 is 5.32 Å². The number of likely N-dealkylation sites (tertiary alicyclic amines) is 1. The van der Waals surface area contributed by atoms with Crippen molar-refractivity contribution in [3.05, 3.63) is 22.4 Å². The lowest BCUT2D eigenvalue weighted by Crippen LogP contribution is -2.38. The molecule has 0 unspecified atom stereocenters. The van der Waals surface area contributed by atoms with Crippen LogP contribution >= 0.6 is 11.3 Å². The smallest absolute Gasteiger partial charge is 0.410 e. The average Bonchev–Trinajstić information content (AvgIpc) is 2.89. The minimum atomic E-state index is -0.466. The molecule has 6 heteroatoms. The van der Waals surface area contributed by atoms with Crippen LogP contribution in [-0.4, -0.2) is 47.4 Å². The van der Waals surface area contributed by atoms with Crippen molar-refractivity contribution in [2.45, 2.75) is 57.8 Å². The predicted molar refractivity (Wildman–Crippen MR) is 92.7 cm³/mol. The third-order valence-corrected chi connectivity index (χ3v) is 4.61. The van der Waals surface area contributed by atoms with Crippen LogP contribution in [0.5, 0.6) is 0 Å². The van der Waals surface area contributed by atoms with E-state index in [1.807, 2.05) is 37.6 Å². The van der Waals surface area contributed by atoms with E-state index < -0.39 is 11.7 Å². The number of amides is 1. The van der Waals surface area contributed by atoms with Gasteiger partial charge in [0.05, 0.1) is 6.10 Å². The molecule has 1 saturated heterocycles. The van der Waals surface area contributed by atoms with Gasteiger partial charge in [-0.15, -0.1) is 0 Å². The number of carbonyl (C=O) groups excluding carboxylic acids is 1. The van der Waals surface area contributed by atoms with Crippen molar-refractivity contribution in [3.63, 3.8) is 0 Å². The Bertz CT molecular complexity index is 485. The molecule has 1 fully saturated rings. The molecule has 1 aromatic rings. The quantitative estimate of drug-likeness (QED) is 0.884. The maximum absolute atomic E-state index is 12.1. The summed E-state index contributed by atoms with van der Waals surface area (Å²) in [5.41, 5.74) is 0.512. The molecule has 1 aliphatic heterocycles. The summed E-state index contributed by atoms with van der Waals surface area (Å²) in [6.07, 6.45) is 2.15. The zero-order valence-electron chi connectivity index (χ0n) is 14.2. The molecule has 130 valence electrons. The highest BCUT2D eigenvalue weighted by molar-refractivity contribution is 7.07. The molecule has 23 heavy (non-hydrogen) atoms. The standard InChI is InChI=1S/C17H28N2O3S/c1-17(2,3)22-16(21)19-8-4-5-14(6-9-19)18-11-15(20)13-7-10-23-12-13/h7,10,12,14-15,18,20H,4-6,8-9,11H2,1-3H3/t14-,15-/m0/s1. The van der Waals surface area contributed by atoms with Crippen LogP contribution in [0, 0.1) is 0 Å². The molecule has 2 N–H and O–H groups in total. The van der Waals surface area contributed by atoms with Gasteiger partial charge in [-0.1, -0.05) is 0 Å². The van der Waals surface area contributed by atoms with Gasteiger partial charge < -0.3 is 20.1 Å². The number of nitrogens with one attached hydrogen (secondary N) is 1. The van der Waals surface area contributed by atoms with Crippen molar-refractivity contribution >= 4 is 17.4 Å². The average molecular weight is 340 g/mol. The molecule has 0 bridgehead atoms. The number of hydrogen-bond donors (Lipinski definition) is 2. The highest BCUT2D eigenvalue weighted by atomic mass is 32.1. The van der Waals surface area contributed by atoms with Crippen molar-refractivity contribution in [2.24, 2.45) is 0 Å². The molecule has 0 radical (unpaired) electrons. The molecule has 0 aliphatic carbocycles. The Morgan fingerprint density at radius 2 is 2.26 bits per heavy atom. The molecule has 2 heterocycles. The normalized spacial score (nSPS) is 20.9. The summed E-state index contributed by atoms with van der Waals surface area (Å²) in [6, 6.07) is 2.28. The first-order valence-corrected chi connectivity index (χ1v) is 9.21. The SMILES string of the molecule is CC(C)(C)OC(=O)N1CCC[C@H](NC[C@H](O)c2ccsc2)CC1. The van der Waals surface area contributed by atoms with Crippen molar-refractivity contribution in [3.8, 4) is 0 Å². The largest absolute Gasteiger partial charge is 0.444 e. The Morgan fingerprint density at radius 3 is 2.91 bits per heavy atom. The fraction of sp³-hybridized carbons (Fsp3) is 0.706. The molecule has 2 rings (SSSR count). The van der Waals surface area contributed by atoms with Gasteiger partial charge in [-0.2, -0.15) is 11.3 Å². The minimum absolute atomic E-state index is 0.226. The van der Waals surface area contributed by atoms with Crippen LogP contribution in [0.1, 0.15) is 51.7 Å². The first kappa shape index (κ1) is 18.2.